The summed E-state index contributed by atoms with van der Waals surface area (Å²) in [5.41, 5.74) is 0.966. The van der Waals surface area contributed by atoms with Crippen molar-refractivity contribution in [2.24, 2.45) is 0 Å². The van der Waals surface area contributed by atoms with Gasteiger partial charge in [0.15, 0.2) is 0 Å². The van der Waals surface area contributed by atoms with Gasteiger partial charge in [-0.25, -0.2) is 14.6 Å². The van der Waals surface area contributed by atoms with Crippen LogP contribution in [0.1, 0.15) is 20.8 Å². The molecule has 0 saturated carbocycles. The summed E-state index contributed by atoms with van der Waals surface area (Å²) in [7, 11) is 0. The molecule has 1 aliphatic heterocycles. The number of pyridine rings is 1. The first-order valence-electron chi connectivity index (χ1n) is 8.19. The number of hydrogen-bond acceptors (Lipinski definition) is 5. The fourth-order valence-corrected chi connectivity index (χ4v) is 2.42. The van der Waals surface area contributed by atoms with Gasteiger partial charge in [-0.2, -0.15) is 0 Å². The van der Waals surface area contributed by atoms with E-state index in [2.05, 4.69) is 20.5 Å². The van der Waals surface area contributed by atoms with Crippen LogP contribution in [-0.4, -0.2) is 60.8 Å². The van der Waals surface area contributed by atoms with Gasteiger partial charge in [0, 0.05) is 32.2 Å². The third kappa shape index (κ3) is 5.00. The third-order valence-corrected chi connectivity index (χ3v) is 3.58. The van der Waals surface area contributed by atoms with Crippen molar-refractivity contribution in [1.29, 1.82) is 0 Å². The number of nitrogens with zero attached hydrogens (tertiary/aromatic N) is 3. The average molecular weight is 335 g/mol. The van der Waals surface area contributed by atoms with Crippen molar-refractivity contribution < 1.29 is 14.3 Å². The summed E-state index contributed by atoms with van der Waals surface area (Å²) in [5.74, 6) is 0.502. The van der Waals surface area contributed by atoms with E-state index in [4.69, 9.17) is 4.74 Å². The van der Waals surface area contributed by atoms with Crippen LogP contribution >= 0.6 is 0 Å². The summed E-state index contributed by atoms with van der Waals surface area (Å²) in [6.45, 7) is 8.67. The van der Waals surface area contributed by atoms with Gasteiger partial charge < -0.3 is 19.9 Å². The van der Waals surface area contributed by atoms with Gasteiger partial charge >= 0.3 is 12.1 Å². The van der Waals surface area contributed by atoms with E-state index in [1.165, 1.54) is 0 Å². The SMILES string of the molecule is CCOC(=O)N1CCN(c2ccc(NC(=O)NC(C)C)nc2)CC1. The van der Waals surface area contributed by atoms with Gasteiger partial charge in [0.25, 0.3) is 0 Å². The maximum Gasteiger partial charge on any atom is 0.409 e. The number of amides is 3. The quantitative estimate of drug-likeness (QED) is 0.877. The number of urea groups is 1. The standard InChI is InChI=1S/C16H25N5O3/c1-4-24-16(23)21-9-7-20(8-10-21)13-5-6-14(17-11-13)19-15(22)18-12(2)3/h5-6,11-12H,4,7-10H2,1-3H3,(H2,17,18,19,22). The number of carbonyl (C=O) groups is 2. The first kappa shape index (κ1) is 17.8. The van der Waals surface area contributed by atoms with Crippen LogP contribution in [0.15, 0.2) is 18.3 Å². The van der Waals surface area contributed by atoms with E-state index in [0.717, 1.165) is 18.8 Å². The van der Waals surface area contributed by atoms with Crippen molar-refractivity contribution in [2.45, 2.75) is 26.8 Å². The zero-order chi connectivity index (χ0) is 17.5. The molecule has 3 amide bonds. The Kier molecular flexibility index (Phi) is 6.22. The number of hydrogen-bond donors (Lipinski definition) is 2. The minimum absolute atomic E-state index is 0.0694. The Morgan fingerprint density at radius 3 is 2.50 bits per heavy atom. The number of anilines is 2. The number of carbonyl (C=O) groups excluding carboxylic acids is 2. The monoisotopic (exact) mass is 335 g/mol. The van der Waals surface area contributed by atoms with Crippen molar-refractivity contribution in [3.8, 4) is 0 Å². The molecule has 0 unspecified atom stereocenters. The average Bonchev–Trinajstić information content (AvgIpc) is 2.55. The van der Waals surface area contributed by atoms with Crippen LogP contribution in [0.3, 0.4) is 0 Å². The Bertz CT molecular complexity index is 553. The highest BCUT2D eigenvalue weighted by Crippen LogP contribution is 2.17. The highest BCUT2D eigenvalue weighted by molar-refractivity contribution is 5.88. The summed E-state index contributed by atoms with van der Waals surface area (Å²) >= 11 is 0. The van der Waals surface area contributed by atoms with E-state index >= 15 is 0 Å². The van der Waals surface area contributed by atoms with Crippen molar-refractivity contribution in [1.82, 2.24) is 15.2 Å². The molecule has 2 rings (SSSR count). The lowest BCUT2D eigenvalue weighted by molar-refractivity contribution is 0.105. The first-order chi connectivity index (χ1) is 11.5. The highest BCUT2D eigenvalue weighted by atomic mass is 16.6. The van der Waals surface area contributed by atoms with Crippen LogP contribution in [0.4, 0.5) is 21.1 Å². The van der Waals surface area contributed by atoms with Crippen LogP contribution in [0.25, 0.3) is 0 Å². The molecular formula is C16H25N5O3. The highest BCUT2D eigenvalue weighted by Gasteiger charge is 2.22. The van der Waals surface area contributed by atoms with Crippen molar-refractivity contribution in [3.05, 3.63) is 18.3 Å². The van der Waals surface area contributed by atoms with Gasteiger partial charge in [-0.1, -0.05) is 0 Å². The Morgan fingerprint density at radius 2 is 1.96 bits per heavy atom. The summed E-state index contributed by atoms with van der Waals surface area (Å²) in [6, 6.07) is 3.48. The van der Waals surface area contributed by atoms with E-state index in [1.54, 1.807) is 24.1 Å². The molecule has 0 bridgehead atoms. The molecule has 2 heterocycles. The number of rotatable bonds is 4. The predicted octanol–water partition coefficient (Wildman–Crippen LogP) is 1.89. The molecule has 0 aromatic carbocycles. The van der Waals surface area contributed by atoms with Crippen LogP contribution in [0, 0.1) is 0 Å². The largest absolute Gasteiger partial charge is 0.450 e. The van der Waals surface area contributed by atoms with E-state index in [9.17, 15) is 9.59 Å². The molecule has 1 fully saturated rings. The third-order valence-electron chi connectivity index (χ3n) is 3.58. The molecule has 0 radical (unpaired) electrons. The zero-order valence-corrected chi connectivity index (χ0v) is 14.4. The number of ether oxygens (including phenoxy) is 1. The van der Waals surface area contributed by atoms with Gasteiger partial charge in [-0.15, -0.1) is 0 Å². The van der Waals surface area contributed by atoms with E-state index in [0.29, 0.717) is 25.5 Å². The lowest BCUT2D eigenvalue weighted by Gasteiger charge is -2.35. The maximum atomic E-state index is 11.7. The molecule has 1 saturated heterocycles. The topological polar surface area (TPSA) is 86.8 Å². The van der Waals surface area contributed by atoms with Gasteiger partial charge in [0.1, 0.15) is 5.82 Å². The summed E-state index contributed by atoms with van der Waals surface area (Å²) in [6.07, 6.45) is 1.47. The molecule has 1 aliphatic rings. The molecule has 8 nitrogen and oxygen atoms in total. The van der Waals surface area contributed by atoms with Crippen LogP contribution in [0.2, 0.25) is 0 Å². The maximum absolute atomic E-state index is 11.7. The van der Waals surface area contributed by atoms with E-state index < -0.39 is 0 Å². The smallest absolute Gasteiger partial charge is 0.409 e. The fourth-order valence-electron chi connectivity index (χ4n) is 2.42. The minimum atomic E-state index is -0.270. The Morgan fingerprint density at radius 1 is 1.25 bits per heavy atom. The molecule has 1 aromatic rings. The lowest BCUT2D eigenvalue weighted by Crippen LogP contribution is -2.49. The normalized spacial score (nSPS) is 14.5. The molecule has 132 valence electrons. The number of piperazine rings is 1. The fraction of sp³-hybridized carbons (Fsp3) is 0.562. The molecule has 0 aliphatic carbocycles. The molecule has 0 spiro atoms. The molecule has 8 heteroatoms. The van der Waals surface area contributed by atoms with Gasteiger partial charge in [0.2, 0.25) is 0 Å². The van der Waals surface area contributed by atoms with E-state index in [-0.39, 0.29) is 18.2 Å². The summed E-state index contributed by atoms with van der Waals surface area (Å²) in [5, 5.41) is 5.44. The summed E-state index contributed by atoms with van der Waals surface area (Å²) < 4.78 is 5.01. The lowest BCUT2D eigenvalue weighted by atomic mass is 10.3. The van der Waals surface area contributed by atoms with E-state index in [1.807, 2.05) is 19.9 Å². The number of nitrogens with one attached hydrogen (secondary N) is 2. The van der Waals surface area contributed by atoms with Crippen LogP contribution < -0.4 is 15.5 Å². The molecular weight excluding hydrogens is 310 g/mol. The second kappa shape index (κ2) is 8.37. The Hall–Kier alpha value is -2.51. The first-order valence-corrected chi connectivity index (χ1v) is 8.19. The second-order valence-electron chi connectivity index (χ2n) is 5.83. The van der Waals surface area contributed by atoms with Crippen LogP contribution in [-0.2, 0) is 4.74 Å². The van der Waals surface area contributed by atoms with Gasteiger partial charge in [0.05, 0.1) is 18.5 Å². The summed E-state index contributed by atoms with van der Waals surface area (Å²) in [4.78, 5) is 31.5. The van der Waals surface area contributed by atoms with Gasteiger partial charge in [-0.05, 0) is 32.9 Å². The van der Waals surface area contributed by atoms with Gasteiger partial charge in [-0.3, -0.25) is 5.32 Å². The molecule has 0 atom stereocenters. The molecule has 2 N–H and O–H groups in total. The Labute approximate surface area is 142 Å². The second-order valence-corrected chi connectivity index (χ2v) is 5.83. The van der Waals surface area contributed by atoms with Crippen molar-refractivity contribution >= 4 is 23.6 Å². The predicted molar refractivity (Wildman–Crippen MR) is 92.3 cm³/mol. The molecule has 24 heavy (non-hydrogen) atoms. The minimum Gasteiger partial charge on any atom is -0.450 e. The zero-order valence-electron chi connectivity index (χ0n) is 14.4. The Balaban J connectivity index is 1.86. The number of aromatic nitrogens is 1. The van der Waals surface area contributed by atoms with Crippen LogP contribution in [0.5, 0.6) is 0 Å². The van der Waals surface area contributed by atoms with Crippen molar-refractivity contribution in [3.63, 3.8) is 0 Å². The molecule has 1 aromatic heterocycles. The van der Waals surface area contributed by atoms with Crippen molar-refractivity contribution in [2.75, 3.05) is 43.0 Å².